The van der Waals surface area contributed by atoms with E-state index in [0.29, 0.717) is 0 Å². The number of benzene rings is 1. The van der Waals surface area contributed by atoms with Gasteiger partial charge in [-0.1, -0.05) is 63.6 Å². The third-order valence-corrected chi connectivity index (χ3v) is 3.60. The van der Waals surface area contributed by atoms with Crippen LogP contribution in [0.5, 0.6) is 5.75 Å². The summed E-state index contributed by atoms with van der Waals surface area (Å²) in [5, 5.41) is 0. The summed E-state index contributed by atoms with van der Waals surface area (Å²) in [7, 11) is 1.72. The van der Waals surface area contributed by atoms with Gasteiger partial charge in [0.05, 0.1) is 7.11 Å². The fourth-order valence-corrected chi connectivity index (χ4v) is 2.44. The summed E-state index contributed by atoms with van der Waals surface area (Å²) in [6, 6.07) is 8.42. The van der Waals surface area contributed by atoms with Gasteiger partial charge in [-0.05, 0) is 24.5 Å². The topological polar surface area (TPSA) is 35.2 Å². The van der Waals surface area contributed by atoms with E-state index >= 15 is 0 Å². The van der Waals surface area contributed by atoms with E-state index in [1.54, 1.807) is 7.11 Å². The zero-order chi connectivity index (χ0) is 13.9. The molecule has 0 radical (unpaired) electrons. The number of ether oxygens (including phenoxy) is 1. The molecule has 1 unspecified atom stereocenters. The molecule has 0 aliphatic rings. The number of para-hydroxylation sites is 1. The lowest BCUT2D eigenvalue weighted by Gasteiger charge is -2.14. The summed E-state index contributed by atoms with van der Waals surface area (Å²) in [6.45, 7) is 2.25. The molecule has 0 saturated heterocycles. The van der Waals surface area contributed by atoms with Crippen LogP contribution in [0.3, 0.4) is 0 Å². The smallest absolute Gasteiger partial charge is 0.122 e. The maximum Gasteiger partial charge on any atom is 0.122 e. The normalized spacial score (nSPS) is 12.4. The van der Waals surface area contributed by atoms with Crippen LogP contribution < -0.4 is 10.5 Å². The molecule has 2 heteroatoms. The number of rotatable bonds is 10. The van der Waals surface area contributed by atoms with Crippen molar-refractivity contribution in [2.45, 2.75) is 64.3 Å². The molecule has 0 aliphatic carbocycles. The van der Waals surface area contributed by atoms with Crippen molar-refractivity contribution in [2.24, 2.45) is 5.73 Å². The Morgan fingerprint density at radius 1 is 1.05 bits per heavy atom. The highest BCUT2D eigenvalue weighted by Gasteiger charge is 2.07. The summed E-state index contributed by atoms with van der Waals surface area (Å²) >= 11 is 0. The largest absolute Gasteiger partial charge is 0.496 e. The molecular weight excluding hydrogens is 234 g/mol. The van der Waals surface area contributed by atoms with Crippen molar-refractivity contribution < 1.29 is 4.74 Å². The Labute approximate surface area is 118 Å². The van der Waals surface area contributed by atoms with Crippen LogP contribution in [0, 0.1) is 0 Å². The molecule has 0 amide bonds. The van der Waals surface area contributed by atoms with Crippen molar-refractivity contribution in [1.29, 1.82) is 0 Å². The molecule has 0 fully saturated rings. The summed E-state index contributed by atoms with van der Waals surface area (Å²) in [6.07, 6.45) is 10.0. The van der Waals surface area contributed by atoms with Gasteiger partial charge in [0.1, 0.15) is 5.75 Å². The molecule has 0 saturated carbocycles. The minimum absolute atomic E-state index is 0.252. The molecule has 0 aromatic heterocycles. The van der Waals surface area contributed by atoms with Crippen molar-refractivity contribution in [3.63, 3.8) is 0 Å². The van der Waals surface area contributed by atoms with Gasteiger partial charge in [-0.3, -0.25) is 0 Å². The zero-order valence-corrected chi connectivity index (χ0v) is 12.5. The lowest BCUT2D eigenvalue weighted by molar-refractivity contribution is 0.406. The fourth-order valence-electron chi connectivity index (χ4n) is 2.44. The quantitative estimate of drug-likeness (QED) is 0.638. The third kappa shape index (κ3) is 6.63. The van der Waals surface area contributed by atoms with Crippen LogP contribution >= 0.6 is 0 Å². The van der Waals surface area contributed by atoms with Crippen LogP contribution in [0.15, 0.2) is 24.3 Å². The van der Waals surface area contributed by atoms with Gasteiger partial charge in [0.25, 0.3) is 0 Å². The number of nitrogens with two attached hydrogens (primary N) is 1. The van der Waals surface area contributed by atoms with Crippen molar-refractivity contribution >= 4 is 0 Å². The summed E-state index contributed by atoms with van der Waals surface area (Å²) in [4.78, 5) is 0. The van der Waals surface area contributed by atoms with Crippen LogP contribution in [0.4, 0.5) is 0 Å². The maximum absolute atomic E-state index is 6.21. The van der Waals surface area contributed by atoms with E-state index in [1.807, 2.05) is 12.1 Å². The Kier molecular flexibility index (Phi) is 8.31. The van der Waals surface area contributed by atoms with Crippen LogP contribution in [0.2, 0.25) is 0 Å². The van der Waals surface area contributed by atoms with E-state index in [0.717, 1.165) is 18.6 Å². The Morgan fingerprint density at radius 3 is 2.47 bits per heavy atom. The molecule has 1 aromatic rings. The van der Waals surface area contributed by atoms with E-state index in [2.05, 4.69) is 19.1 Å². The lowest BCUT2D eigenvalue weighted by atomic mass is 10.00. The molecule has 1 atom stereocenters. The molecule has 0 aliphatic heterocycles. The molecule has 2 N–H and O–H groups in total. The standard InChI is InChI=1S/C17H29NO/c1-3-4-5-6-7-8-12-16(18)14-15-11-9-10-13-17(15)19-2/h9-11,13,16H,3-8,12,14,18H2,1-2H3. The van der Waals surface area contributed by atoms with Gasteiger partial charge in [-0.25, -0.2) is 0 Å². The van der Waals surface area contributed by atoms with E-state index in [-0.39, 0.29) is 6.04 Å². The molecule has 0 heterocycles. The van der Waals surface area contributed by atoms with Gasteiger partial charge >= 0.3 is 0 Å². The Hall–Kier alpha value is -1.02. The molecule has 0 spiro atoms. The molecule has 2 nitrogen and oxygen atoms in total. The van der Waals surface area contributed by atoms with Gasteiger partial charge in [0.2, 0.25) is 0 Å². The van der Waals surface area contributed by atoms with E-state index in [1.165, 1.54) is 44.1 Å². The first-order chi connectivity index (χ1) is 9.27. The highest BCUT2D eigenvalue weighted by atomic mass is 16.5. The van der Waals surface area contributed by atoms with Crippen molar-refractivity contribution in [2.75, 3.05) is 7.11 Å². The Morgan fingerprint density at radius 2 is 1.74 bits per heavy atom. The minimum atomic E-state index is 0.252. The first-order valence-corrected chi connectivity index (χ1v) is 7.65. The molecule has 1 aromatic carbocycles. The molecule has 1 rings (SSSR count). The van der Waals surface area contributed by atoms with Crippen LogP contribution in [0.25, 0.3) is 0 Å². The SMILES string of the molecule is CCCCCCCCC(N)Cc1ccccc1OC. The molecule has 108 valence electrons. The molecule has 0 bridgehead atoms. The molecular formula is C17H29NO. The van der Waals surface area contributed by atoms with Gasteiger partial charge in [0, 0.05) is 6.04 Å². The fraction of sp³-hybridized carbons (Fsp3) is 0.647. The van der Waals surface area contributed by atoms with Crippen molar-refractivity contribution in [3.8, 4) is 5.75 Å². The predicted molar refractivity (Wildman–Crippen MR) is 82.7 cm³/mol. The average Bonchev–Trinajstić information content (AvgIpc) is 2.43. The van der Waals surface area contributed by atoms with Crippen molar-refractivity contribution in [3.05, 3.63) is 29.8 Å². The first-order valence-electron chi connectivity index (χ1n) is 7.65. The first kappa shape index (κ1) is 16.0. The highest BCUT2D eigenvalue weighted by molar-refractivity contribution is 5.33. The summed E-state index contributed by atoms with van der Waals surface area (Å²) in [5.41, 5.74) is 7.44. The molecule has 19 heavy (non-hydrogen) atoms. The number of hydrogen-bond donors (Lipinski definition) is 1. The predicted octanol–water partition coefficient (Wildman–Crippen LogP) is 4.32. The van der Waals surface area contributed by atoms with Gasteiger partial charge in [0.15, 0.2) is 0 Å². The maximum atomic E-state index is 6.21. The second-order valence-electron chi connectivity index (χ2n) is 5.33. The van der Waals surface area contributed by atoms with E-state index in [9.17, 15) is 0 Å². The third-order valence-electron chi connectivity index (χ3n) is 3.60. The second-order valence-corrected chi connectivity index (χ2v) is 5.33. The van der Waals surface area contributed by atoms with Crippen LogP contribution in [-0.4, -0.2) is 13.2 Å². The number of unbranched alkanes of at least 4 members (excludes halogenated alkanes) is 5. The summed E-state index contributed by atoms with van der Waals surface area (Å²) < 4.78 is 5.36. The second kappa shape index (κ2) is 9.85. The van der Waals surface area contributed by atoms with Crippen LogP contribution in [-0.2, 0) is 6.42 Å². The minimum Gasteiger partial charge on any atom is -0.496 e. The highest BCUT2D eigenvalue weighted by Crippen LogP contribution is 2.20. The van der Waals surface area contributed by atoms with Gasteiger partial charge in [-0.15, -0.1) is 0 Å². The zero-order valence-electron chi connectivity index (χ0n) is 12.5. The number of methoxy groups -OCH3 is 1. The monoisotopic (exact) mass is 263 g/mol. The summed E-state index contributed by atoms with van der Waals surface area (Å²) in [5.74, 6) is 0.959. The van der Waals surface area contributed by atoms with Gasteiger partial charge < -0.3 is 10.5 Å². The van der Waals surface area contributed by atoms with Crippen molar-refractivity contribution in [1.82, 2.24) is 0 Å². The number of hydrogen-bond acceptors (Lipinski definition) is 2. The van der Waals surface area contributed by atoms with E-state index in [4.69, 9.17) is 10.5 Å². The average molecular weight is 263 g/mol. The van der Waals surface area contributed by atoms with Crippen LogP contribution in [0.1, 0.15) is 57.4 Å². The lowest BCUT2D eigenvalue weighted by Crippen LogP contribution is -2.22. The Balaban J connectivity index is 2.21. The van der Waals surface area contributed by atoms with Gasteiger partial charge in [-0.2, -0.15) is 0 Å². The Bertz CT molecular complexity index is 338. The van der Waals surface area contributed by atoms with E-state index < -0.39 is 0 Å².